The molecule has 3 heterocycles. The summed E-state index contributed by atoms with van der Waals surface area (Å²) in [5, 5.41) is 27.8. The first-order valence-corrected chi connectivity index (χ1v) is 12.8. The quantitative estimate of drug-likeness (QED) is 0.0663. The van der Waals surface area contributed by atoms with Gasteiger partial charge in [-0.05, 0) is 13.8 Å². The number of anilines is 1. The molecule has 39 heavy (non-hydrogen) atoms. The van der Waals surface area contributed by atoms with Crippen LogP contribution in [-0.4, -0.2) is 91.1 Å². The van der Waals surface area contributed by atoms with Crippen LogP contribution in [0.5, 0.6) is 5.75 Å². The molecule has 0 saturated carbocycles. The SMILES string of the molecule is CC(C)(O/N=C(\C(=O)N[C@@H]1C(=O)N(S(=O)(=O)O)[C@@H]1CNC(=O)c1cc(=O)c(O)c[nH]1)c1csc(N)n1)C(=O)O. The number of oxime groups is 1. The van der Waals surface area contributed by atoms with Gasteiger partial charge in [-0.15, -0.1) is 11.3 Å². The third-order valence-corrected chi connectivity index (χ3v) is 6.79. The molecule has 2 aromatic rings. The Morgan fingerprint density at radius 2 is 2.00 bits per heavy atom. The number of carbonyl (C=O) groups excluding carboxylic acids is 3. The minimum absolute atomic E-state index is 0.00752. The number of carbonyl (C=O) groups is 4. The number of thiazole rings is 1. The van der Waals surface area contributed by atoms with Crippen LogP contribution in [0.3, 0.4) is 0 Å². The average Bonchev–Trinajstić information content (AvgIpc) is 3.26. The molecule has 3 amide bonds. The highest BCUT2D eigenvalue weighted by molar-refractivity contribution is 7.84. The summed E-state index contributed by atoms with van der Waals surface area (Å²) in [5.41, 5.74) is 1.72. The van der Waals surface area contributed by atoms with Crippen LogP contribution in [0.25, 0.3) is 0 Å². The molecule has 1 aliphatic heterocycles. The Bertz CT molecular complexity index is 1530. The molecule has 2 aromatic heterocycles. The van der Waals surface area contributed by atoms with Crippen LogP contribution >= 0.6 is 11.3 Å². The zero-order chi connectivity index (χ0) is 29.3. The van der Waals surface area contributed by atoms with Crippen LogP contribution in [-0.2, 0) is 29.5 Å². The van der Waals surface area contributed by atoms with Crippen molar-refractivity contribution in [2.75, 3.05) is 12.3 Å². The van der Waals surface area contributed by atoms with Crippen molar-refractivity contribution >= 4 is 56.2 Å². The summed E-state index contributed by atoms with van der Waals surface area (Å²) < 4.78 is 32.9. The smallest absolute Gasteiger partial charge is 0.362 e. The van der Waals surface area contributed by atoms with Crippen molar-refractivity contribution in [3.63, 3.8) is 0 Å². The Labute approximate surface area is 222 Å². The number of hydrogen-bond donors (Lipinski definition) is 7. The van der Waals surface area contributed by atoms with Crippen molar-refractivity contribution in [2.24, 2.45) is 5.16 Å². The summed E-state index contributed by atoms with van der Waals surface area (Å²) in [6, 6.07) is -2.41. The molecule has 0 spiro atoms. The molecular weight excluding hydrogens is 566 g/mol. The van der Waals surface area contributed by atoms with Crippen LogP contribution in [0.2, 0.25) is 0 Å². The van der Waals surface area contributed by atoms with Crippen molar-refractivity contribution in [1.82, 2.24) is 24.9 Å². The number of nitrogen functional groups attached to an aromatic ring is 1. The number of hydrogen-bond acceptors (Lipinski definition) is 13. The van der Waals surface area contributed by atoms with Gasteiger partial charge in [0.2, 0.25) is 11.0 Å². The fourth-order valence-electron chi connectivity index (χ4n) is 3.06. The van der Waals surface area contributed by atoms with Gasteiger partial charge in [-0.2, -0.15) is 8.42 Å². The number of nitrogens with zero attached hydrogens (tertiary/aromatic N) is 3. The maximum atomic E-state index is 13.0. The lowest BCUT2D eigenvalue weighted by Crippen LogP contribution is -2.74. The van der Waals surface area contributed by atoms with Gasteiger partial charge in [-0.1, -0.05) is 5.16 Å². The molecule has 0 aliphatic carbocycles. The number of aromatic hydroxyl groups is 1. The summed E-state index contributed by atoms with van der Waals surface area (Å²) >= 11 is 0.902. The van der Waals surface area contributed by atoms with Gasteiger partial charge in [-0.25, -0.2) is 14.1 Å². The lowest BCUT2D eigenvalue weighted by atomic mass is 9.98. The standard InChI is InChI=1S/C19H21N7O11S2/c1-19(2,17(32)33)37-25-12(8-6-38-18(20)23-8)15(30)24-13-9(26(16(13)31)39(34,35)36)4-22-14(29)7-3-10(27)11(28)5-21-7/h3,5-6,9,13,28H,4H2,1-2H3,(H2,20,23)(H,21,27)(H,22,29)(H,24,30)(H,32,33)(H,34,35,36)/b25-12-/t9-,13+/m1/s1. The number of nitrogens with one attached hydrogen (secondary N) is 3. The molecule has 1 saturated heterocycles. The van der Waals surface area contributed by atoms with Crippen molar-refractivity contribution in [2.45, 2.75) is 31.5 Å². The number of carboxylic acid groups (broad SMARTS) is 1. The number of aromatic amines is 1. The second-order valence-electron chi connectivity index (χ2n) is 8.35. The highest BCUT2D eigenvalue weighted by atomic mass is 32.2. The van der Waals surface area contributed by atoms with E-state index in [1.807, 2.05) is 0 Å². The Balaban J connectivity index is 1.84. The number of β-lactam (4-membered cyclic amide) rings is 1. The van der Waals surface area contributed by atoms with Crippen molar-refractivity contribution < 1.29 is 47.2 Å². The Kier molecular flexibility index (Phi) is 7.93. The number of H-pyrrole nitrogens is 1. The van der Waals surface area contributed by atoms with E-state index in [0.29, 0.717) is 0 Å². The van der Waals surface area contributed by atoms with Crippen LogP contribution in [0, 0.1) is 0 Å². The number of rotatable bonds is 10. The van der Waals surface area contributed by atoms with Crippen LogP contribution in [0.1, 0.15) is 30.0 Å². The normalized spacial score (nSPS) is 17.8. The zero-order valence-corrected chi connectivity index (χ0v) is 21.6. The lowest BCUT2D eigenvalue weighted by molar-refractivity contribution is -0.161. The van der Waals surface area contributed by atoms with Crippen LogP contribution < -0.4 is 21.8 Å². The number of amides is 3. The second kappa shape index (κ2) is 10.7. The van der Waals surface area contributed by atoms with Gasteiger partial charge in [-0.3, -0.25) is 23.7 Å². The number of pyridine rings is 1. The van der Waals surface area contributed by atoms with Gasteiger partial charge in [0.25, 0.3) is 17.7 Å². The molecule has 8 N–H and O–H groups in total. The van der Waals surface area contributed by atoms with E-state index in [4.69, 9.17) is 10.6 Å². The van der Waals surface area contributed by atoms with E-state index < -0.39 is 75.1 Å². The molecule has 20 heteroatoms. The average molecular weight is 588 g/mol. The molecular formula is C19H21N7O11S2. The molecule has 0 radical (unpaired) electrons. The van der Waals surface area contributed by atoms with E-state index >= 15 is 0 Å². The van der Waals surface area contributed by atoms with E-state index in [-0.39, 0.29) is 20.8 Å². The zero-order valence-electron chi connectivity index (χ0n) is 19.9. The molecule has 0 bridgehead atoms. The predicted molar refractivity (Wildman–Crippen MR) is 131 cm³/mol. The summed E-state index contributed by atoms with van der Waals surface area (Å²) in [6.07, 6.45) is 0.845. The van der Waals surface area contributed by atoms with Crippen molar-refractivity contribution in [3.05, 3.63) is 39.3 Å². The Hall–Kier alpha value is -4.56. The van der Waals surface area contributed by atoms with Gasteiger partial charge in [0.15, 0.2) is 16.6 Å². The number of aliphatic carboxylic acids is 1. The summed E-state index contributed by atoms with van der Waals surface area (Å²) in [7, 11) is -5.12. The van der Waals surface area contributed by atoms with Gasteiger partial charge >= 0.3 is 16.3 Å². The van der Waals surface area contributed by atoms with E-state index in [9.17, 15) is 47.2 Å². The first-order valence-electron chi connectivity index (χ1n) is 10.6. The molecule has 2 atom stereocenters. The lowest BCUT2D eigenvalue weighted by Gasteiger charge is -2.44. The molecule has 210 valence electrons. The van der Waals surface area contributed by atoms with E-state index in [2.05, 4.69) is 25.8 Å². The number of nitrogens with two attached hydrogens (primary N) is 1. The second-order valence-corrected chi connectivity index (χ2v) is 10.5. The maximum absolute atomic E-state index is 13.0. The summed E-state index contributed by atoms with van der Waals surface area (Å²) in [4.78, 5) is 72.0. The van der Waals surface area contributed by atoms with E-state index in [0.717, 1.165) is 37.4 Å². The third-order valence-electron chi connectivity index (χ3n) is 5.17. The van der Waals surface area contributed by atoms with Gasteiger partial charge in [0, 0.05) is 24.2 Å². The highest BCUT2D eigenvalue weighted by Gasteiger charge is 2.54. The molecule has 1 aliphatic rings. The molecule has 18 nitrogen and oxygen atoms in total. The first-order chi connectivity index (χ1) is 18.0. The number of aromatic nitrogens is 2. The van der Waals surface area contributed by atoms with E-state index in [1.165, 1.54) is 5.38 Å². The summed E-state index contributed by atoms with van der Waals surface area (Å²) in [5.74, 6) is -5.46. The first kappa shape index (κ1) is 29.0. The summed E-state index contributed by atoms with van der Waals surface area (Å²) in [6.45, 7) is 1.64. The minimum atomic E-state index is -5.12. The fourth-order valence-corrected chi connectivity index (χ4v) is 4.49. The topological polar surface area (TPSA) is 284 Å². The highest BCUT2D eigenvalue weighted by Crippen LogP contribution is 2.24. The fraction of sp³-hybridized carbons (Fsp3) is 0.316. The molecule has 0 aromatic carbocycles. The van der Waals surface area contributed by atoms with Gasteiger partial charge in [0.1, 0.15) is 17.4 Å². The van der Waals surface area contributed by atoms with Gasteiger partial charge < -0.3 is 36.4 Å². The maximum Gasteiger partial charge on any atom is 0.362 e. The van der Waals surface area contributed by atoms with E-state index in [1.54, 1.807) is 0 Å². The largest absolute Gasteiger partial charge is 0.503 e. The van der Waals surface area contributed by atoms with Gasteiger partial charge in [0.05, 0.1) is 6.04 Å². The Morgan fingerprint density at radius 3 is 2.54 bits per heavy atom. The Morgan fingerprint density at radius 1 is 1.33 bits per heavy atom. The minimum Gasteiger partial charge on any atom is -0.503 e. The monoisotopic (exact) mass is 587 g/mol. The molecule has 0 unspecified atom stereocenters. The third kappa shape index (κ3) is 6.30. The predicted octanol–water partition coefficient (Wildman–Crippen LogP) is -2.37. The number of carboxylic acids is 1. The van der Waals surface area contributed by atoms with Crippen LogP contribution in [0.15, 0.2) is 27.6 Å². The van der Waals surface area contributed by atoms with Crippen LogP contribution in [0.4, 0.5) is 5.13 Å². The van der Waals surface area contributed by atoms with Crippen molar-refractivity contribution in [1.29, 1.82) is 0 Å². The molecule has 3 rings (SSSR count). The van der Waals surface area contributed by atoms with Crippen molar-refractivity contribution in [3.8, 4) is 5.75 Å². The molecule has 1 fully saturated rings.